The highest BCUT2D eigenvalue weighted by atomic mass is 16.4. The second-order valence-corrected chi connectivity index (χ2v) is 4.51. The molecule has 0 bridgehead atoms. The van der Waals surface area contributed by atoms with Gasteiger partial charge in [-0.2, -0.15) is 0 Å². The molecule has 1 atom stereocenters. The summed E-state index contributed by atoms with van der Waals surface area (Å²) in [6.07, 6.45) is 2.43. The van der Waals surface area contributed by atoms with Crippen LogP contribution in [0.2, 0.25) is 0 Å². The van der Waals surface area contributed by atoms with Gasteiger partial charge in [0.25, 0.3) is 0 Å². The zero-order valence-corrected chi connectivity index (χ0v) is 10.9. The molecule has 1 aromatic rings. The van der Waals surface area contributed by atoms with Gasteiger partial charge < -0.3 is 5.11 Å². The second kappa shape index (κ2) is 5.85. The fraction of sp³-hybridized carbons (Fsp3) is 0.533. The predicted molar refractivity (Wildman–Crippen MR) is 70.1 cm³/mol. The molecule has 0 aliphatic rings. The predicted octanol–water partition coefficient (Wildman–Crippen LogP) is 3.86. The molecule has 0 radical (unpaired) electrons. The first-order valence-corrected chi connectivity index (χ1v) is 6.42. The van der Waals surface area contributed by atoms with Gasteiger partial charge in [-0.1, -0.05) is 63.9 Å². The molecule has 94 valence electrons. The Hall–Kier alpha value is -1.31. The Bertz CT molecular complexity index is 354. The standard InChI is InChI=1S/C15H22O2/c1-4-12(5-2)15(6-3,14(16)17)13-10-8-7-9-11-13/h7-12H,4-6H2,1-3H3,(H,16,17). The molecule has 17 heavy (non-hydrogen) atoms. The van der Waals surface area contributed by atoms with E-state index in [9.17, 15) is 9.90 Å². The maximum atomic E-state index is 11.8. The molecule has 0 saturated heterocycles. The smallest absolute Gasteiger partial charge is 0.314 e. The number of benzene rings is 1. The van der Waals surface area contributed by atoms with Crippen LogP contribution in [-0.2, 0) is 10.2 Å². The van der Waals surface area contributed by atoms with Gasteiger partial charge in [0.05, 0.1) is 5.41 Å². The van der Waals surface area contributed by atoms with Crippen LogP contribution in [-0.4, -0.2) is 11.1 Å². The number of rotatable bonds is 6. The molecule has 0 aliphatic carbocycles. The van der Waals surface area contributed by atoms with E-state index in [2.05, 4.69) is 13.8 Å². The van der Waals surface area contributed by atoms with Gasteiger partial charge in [-0.3, -0.25) is 4.79 Å². The van der Waals surface area contributed by atoms with Crippen molar-refractivity contribution < 1.29 is 9.90 Å². The quantitative estimate of drug-likeness (QED) is 0.811. The lowest BCUT2D eigenvalue weighted by molar-refractivity contribution is -0.146. The Kier molecular flexibility index (Phi) is 4.73. The van der Waals surface area contributed by atoms with Crippen LogP contribution in [0, 0.1) is 5.92 Å². The molecule has 0 aromatic heterocycles. The second-order valence-electron chi connectivity index (χ2n) is 4.51. The SMILES string of the molecule is CCC(CC)C(CC)(C(=O)O)c1ccccc1. The third kappa shape index (κ3) is 2.36. The highest BCUT2D eigenvalue weighted by Gasteiger charge is 2.44. The number of carbonyl (C=O) groups is 1. The Balaban J connectivity index is 3.32. The van der Waals surface area contributed by atoms with Crippen LogP contribution >= 0.6 is 0 Å². The van der Waals surface area contributed by atoms with Crippen molar-refractivity contribution in [2.75, 3.05) is 0 Å². The summed E-state index contributed by atoms with van der Waals surface area (Å²) < 4.78 is 0. The van der Waals surface area contributed by atoms with Gasteiger partial charge in [0.15, 0.2) is 0 Å². The molecular formula is C15H22O2. The van der Waals surface area contributed by atoms with Gasteiger partial charge in [0.2, 0.25) is 0 Å². The molecule has 0 fully saturated rings. The average Bonchev–Trinajstić information content (AvgIpc) is 2.36. The topological polar surface area (TPSA) is 37.3 Å². The fourth-order valence-electron chi connectivity index (χ4n) is 2.90. The van der Waals surface area contributed by atoms with E-state index in [1.165, 1.54) is 0 Å². The Morgan fingerprint density at radius 3 is 2.06 bits per heavy atom. The zero-order chi connectivity index (χ0) is 12.9. The van der Waals surface area contributed by atoms with Crippen LogP contribution in [0.5, 0.6) is 0 Å². The molecule has 2 nitrogen and oxygen atoms in total. The van der Waals surface area contributed by atoms with Crippen molar-refractivity contribution in [3.8, 4) is 0 Å². The van der Waals surface area contributed by atoms with Gasteiger partial charge in [0.1, 0.15) is 0 Å². The molecule has 1 N–H and O–H groups in total. The van der Waals surface area contributed by atoms with E-state index in [4.69, 9.17) is 0 Å². The molecule has 0 aliphatic heterocycles. The lowest BCUT2D eigenvalue weighted by Gasteiger charge is -2.36. The summed E-state index contributed by atoms with van der Waals surface area (Å²) in [5, 5.41) is 9.71. The summed E-state index contributed by atoms with van der Waals surface area (Å²) in [5.41, 5.74) is 0.203. The molecule has 1 unspecified atom stereocenters. The average molecular weight is 234 g/mol. The zero-order valence-electron chi connectivity index (χ0n) is 10.9. The molecule has 0 saturated carbocycles. The van der Waals surface area contributed by atoms with Gasteiger partial charge in [-0.25, -0.2) is 0 Å². The number of carboxylic acid groups (broad SMARTS) is 1. The number of carboxylic acids is 1. The summed E-state index contributed by atoms with van der Waals surface area (Å²) in [4.78, 5) is 11.8. The molecule has 0 amide bonds. The van der Waals surface area contributed by atoms with E-state index in [0.29, 0.717) is 6.42 Å². The largest absolute Gasteiger partial charge is 0.481 e. The lowest BCUT2D eigenvalue weighted by Crippen LogP contribution is -2.42. The van der Waals surface area contributed by atoms with Crippen LogP contribution in [0.1, 0.15) is 45.6 Å². The Labute approximate surface area is 104 Å². The molecule has 2 heteroatoms. The number of aliphatic carboxylic acids is 1. The normalized spacial score (nSPS) is 14.6. The summed E-state index contributed by atoms with van der Waals surface area (Å²) in [5.74, 6) is -0.507. The van der Waals surface area contributed by atoms with Crippen molar-refractivity contribution in [1.29, 1.82) is 0 Å². The number of hydrogen-bond acceptors (Lipinski definition) is 1. The van der Waals surface area contributed by atoms with Crippen LogP contribution < -0.4 is 0 Å². The van der Waals surface area contributed by atoms with E-state index < -0.39 is 11.4 Å². The van der Waals surface area contributed by atoms with Crippen molar-refractivity contribution >= 4 is 5.97 Å². The maximum Gasteiger partial charge on any atom is 0.314 e. The first kappa shape index (κ1) is 13.8. The van der Waals surface area contributed by atoms with Crippen molar-refractivity contribution in [2.24, 2.45) is 5.92 Å². The number of hydrogen-bond donors (Lipinski definition) is 1. The van der Waals surface area contributed by atoms with Gasteiger partial charge in [0, 0.05) is 0 Å². The molecule has 1 rings (SSSR count). The fourth-order valence-corrected chi connectivity index (χ4v) is 2.90. The van der Waals surface area contributed by atoms with E-state index in [0.717, 1.165) is 18.4 Å². The molecular weight excluding hydrogens is 212 g/mol. The van der Waals surface area contributed by atoms with E-state index in [1.807, 2.05) is 37.3 Å². The first-order valence-electron chi connectivity index (χ1n) is 6.42. The first-order chi connectivity index (χ1) is 8.13. The monoisotopic (exact) mass is 234 g/mol. The highest BCUT2D eigenvalue weighted by Crippen LogP contribution is 2.39. The summed E-state index contributed by atoms with van der Waals surface area (Å²) >= 11 is 0. The minimum absolute atomic E-state index is 0.187. The van der Waals surface area contributed by atoms with Crippen LogP contribution in [0.25, 0.3) is 0 Å². The van der Waals surface area contributed by atoms with Gasteiger partial charge in [-0.05, 0) is 17.9 Å². The minimum atomic E-state index is -0.731. The van der Waals surface area contributed by atoms with Gasteiger partial charge in [-0.15, -0.1) is 0 Å². The lowest BCUT2D eigenvalue weighted by atomic mass is 9.66. The van der Waals surface area contributed by atoms with E-state index in [1.54, 1.807) is 0 Å². The van der Waals surface area contributed by atoms with Crippen molar-refractivity contribution in [3.63, 3.8) is 0 Å². The third-order valence-electron chi connectivity index (χ3n) is 3.91. The van der Waals surface area contributed by atoms with E-state index in [-0.39, 0.29) is 5.92 Å². The van der Waals surface area contributed by atoms with Crippen LogP contribution in [0.15, 0.2) is 30.3 Å². The van der Waals surface area contributed by atoms with Crippen molar-refractivity contribution in [2.45, 2.75) is 45.4 Å². The van der Waals surface area contributed by atoms with Crippen LogP contribution in [0.4, 0.5) is 0 Å². The minimum Gasteiger partial charge on any atom is -0.481 e. The molecule has 1 aromatic carbocycles. The van der Waals surface area contributed by atoms with Crippen molar-refractivity contribution in [3.05, 3.63) is 35.9 Å². The highest BCUT2D eigenvalue weighted by molar-refractivity contribution is 5.81. The maximum absolute atomic E-state index is 11.8. The summed E-state index contributed by atoms with van der Waals surface area (Å²) in [7, 11) is 0. The molecule has 0 heterocycles. The Morgan fingerprint density at radius 2 is 1.71 bits per heavy atom. The van der Waals surface area contributed by atoms with Crippen molar-refractivity contribution in [1.82, 2.24) is 0 Å². The third-order valence-corrected chi connectivity index (χ3v) is 3.91. The summed E-state index contributed by atoms with van der Waals surface area (Å²) in [6, 6.07) is 9.65. The van der Waals surface area contributed by atoms with E-state index >= 15 is 0 Å². The molecule has 0 spiro atoms. The Morgan fingerprint density at radius 1 is 1.18 bits per heavy atom. The summed E-state index contributed by atoms with van der Waals surface area (Å²) in [6.45, 7) is 6.12. The van der Waals surface area contributed by atoms with Gasteiger partial charge >= 0.3 is 5.97 Å². The van der Waals surface area contributed by atoms with Crippen LogP contribution in [0.3, 0.4) is 0 Å².